The van der Waals surface area contributed by atoms with Crippen LogP contribution in [-0.2, 0) is 26.3 Å². The monoisotopic (exact) mass is 604 g/mol. The number of carbonyl (C=O) groups is 2. The van der Waals surface area contributed by atoms with Crippen LogP contribution in [0.4, 0.5) is 16.0 Å². The maximum atomic E-state index is 13.9. The molecule has 0 radical (unpaired) electrons. The van der Waals surface area contributed by atoms with Gasteiger partial charge in [-0.25, -0.2) is 14.4 Å². The maximum Gasteiger partial charge on any atom is 0.305 e. The van der Waals surface area contributed by atoms with Gasteiger partial charge in [-0.3, -0.25) is 14.3 Å². The molecule has 0 bridgehead atoms. The van der Waals surface area contributed by atoms with Gasteiger partial charge >= 0.3 is 5.97 Å². The second-order valence-corrected chi connectivity index (χ2v) is 12.1. The first kappa shape index (κ1) is 29.0. The van der Waals surface area contributed by atoms with E-state index >= 15 is 0 Å². The number of aromatic nitrogens is 4. The number of esters is 1. The number of amides is 1. The quantitative estimate of drug-likeness (QED) is 0.227. The van der Waals surface area contributed by atoms with Crippen molar-refractivity contribution in [2.75, 3.05) is 17.7 Å². The molecular weight excluding hydrogens is 571 g/mol. The highest BCUT2D eigenvalue weighted by Gasteiger charge is 2.51. The zero-order valence-corrected chi connectivity index (χ0v) is 25.0. The smallest absolute Gasteiger partial charge is 0.305 e. The number of anilines is 2. The molecule has 1 fully saturated rings. The third-order valence-electron chi connectivity index (χ3n) is 9.03. The largest absolute Gasteiger partial charge is 0.466 e. The van der Waals surface area contributed by atoms with Gasteiger partial charge in [0.1, 0.15) is 23.1 Å². The van der Waals surface area contributed by atoms with Gasteiger partial charge in [0.25, 0.3) is 0 Å². The standard InChI is InChI=1S/C32H34ClFN6O3/c1-3-43-25(41)14-9-18-7-10-20(11-8-18)32(2)26-28(35)36-30(37-29(26)38-31(32)42)27-23-13-12-21(33)16-24(23)40(39-27)17-19-5-4-6-22(34)15-19/h4-6,12-13,15-16,18,20H,3,7-11,14,17H2,1-2H3,(H3,35,36,37,38,42). The average molecular weight is 605 g/mol. The zero-order valence-electron chi connectivity index (χ0n) is 24.2. The molecule has 0 spiro atoms. The van der Waals surface area contributed by atoms with E-state index in [1.165, 1.54) is 12.1 Å². The number of fused-ring (bicyclic) bond motifs is 2. The fraction of sp³-hybridized carbons (Fsp3) is 0.406. The molecule has 224 valence electrons. The van der Waals surface area contributed by atoms with E-state index in [1.807, 2.05) is 26.0 Å². The Kier molecular flexibility index (Phi) is 7.81. The molecule has 43 heavy (non-hydrogen) atoms. The number of nitrogens with one attached hydrogen (secondary N) is 1. The van der Waals surface area contributed by atoms with E-state index in [-0.39, 0.29) is 35.3 Å². The van der Waals surface area contributed by atoms with Gasteiger partial charge in [-0.1, -0.05) is 36.6 Å². The van der Waals surface area contributed by atoms with E-state index in [2.05, 4.69) is 10.3 Å². The number of rotatable bonds is 8. The van der Waals surface area contributed by atoms with E-state index in [0.717, 1.165) is 48.6 Å². The molecule has 11 heteroatoms. The van der Waals surface area contributed by atoms with Crippen LogP contribution >= 0.6 is 11.6 Å². The fourth-order valence-electron chi connectivity index (χ4n) is 6.75. The summed E-state index contributed by atoms with van der Waals surface area (Å²) >= 11 is 6.33. The van der Waals surface area contributed by atoms with Crippen molar-refractivity contribution in [1.29, 1.82) is 0 Å². The summed E-state index contributed by atoms with van der Waals surface area (Å²) in [6.45, 7) is 4.45. The van der Waals surface area contributed by atoms with Crippen molar-refractivity contribution in [1.82, 2.24) is 19.7 Å². The highest BCUT2D eigenvalue weighted by molar-refractivity contribution is 6.31. The van der Waals surface area contributed by atoms with E-state index in [0.29, 0.717) is 47.6 Å². The summed E-state index contributed by atoms with van der Waals surface area (Å²) in [5, 5.41) is 9.07. The summed E-state index contributed by atoms with van der Waals surface area (Å²) in [7, 11) is 0. The molecule has 1 atom stereocenters. The molecule has 9 nitrogen and oxygen atoms in total. The molecular formula is C32H34ClFN6O3. The Bertz CT molecular complexity index is 1720. The Morgan fingerprint density at radius 3 is 2.72 bits per heavy atom. The Morgan fingerprint density at radius 1 is 1.19 bits per heavy atom. The molecule has 2 aliphatic rings. The predicted octanol–water partition coefficient (Wildman–Crippen LogP) is 6.28. The molecule has 1 aliphatic carbocycles. The molecule has 1 unspecified atom stereocenters. The zero-order chi connectivity index (χ0) is 30.3. The lowest BCUT2D eigenvalue weighted by Gasteiger charge is -2.38. The molecule has 0 saturated heterocycles. The van der Waals surface area contributed by atoms with Crippen molar-refractivity contribution in [3.05, 3.63) is 64.4 Å². The summed E-state index contributed by atoms with van der Waals surface area (Å²) in [6, 6.07) is 11.8. The van der Waals surface area contributed by atoms with Gasteiger partial charge in [-0.15, -0.1) is 0 Å². The maximum absolute atomic E-state index is 13.9. The first-order valence-electron chi connectivity index (χ1n) is 14.7. The first-order chi connectivity index (χ1) is 20.7. The van der Waals surface area contributed by atoms with Crippen LogP contribution in [0.1, 0.15) is 63.5 Å². The molecule has 2 aromatic heterocycles. The van der Waals surface area contributed by atoms with Crippen molar-refractivity contribution >= 4 is 46.0 Å². The Morgan fingerprint density at radius 2 is 1.98 bits per heavy atom. The number of nitrogen functional groups attached to an aromatic ring is 1. The van der Waals surface area contributed by atoms with Crippen molar-refractivity contribution < 1.29 is 18.7 Å². The van der Waals surface area contributed by atoms with Crippen molar-refractivity contribution in [2.45, 2.75) is 64.3 Å². The van der Waals surface area contributed by atoms with Crippen LogP contribution in [0.3, 0.4) is 0 Å². The van der Waals surface area contributed by atoms with Gasteiger partial charge in [0, 0.05) is 16.8 Å². The lowest BCUT2D eigenvalue weighted by molar-refractivity contribution is -0.143. The summed E-state index contributed by atoms with van der Waals surface area (Å²) in [4.78, 5) is 34.8. The molecule has 2 aromatic carbocycles. The lowest BCUT2D eigenvalue weighted by atomic mass is 9.65. The molecule has 3 heterocycles. The first-order valence-corrected chi connectivity index (χ1v) is 15.1. The SMILES string of the molecule is CCOC(=O)CCC1CCC(C2(C)C(=O)Nc3nc(-c4nn(Cc5cccc(F)c5)c5cc(Cl)ccc45)nc(N)c32)CC1. The minimum absolute atomic E-state index is 0.0674. The molecule has 1 aliphatic heterocycles. The Hall–Kier alpha value is -4.05. The molecule has 6 rings (SSSR count). The minimum atomic E-state index is -0.865. The Labute approximate surface area is 254 Å². The number of nitrogens with two attached hydrogens (primary N) is 1. The van der Waals surface area contributed by atoms with E-state index in [9.17, 15) is 14.0 Å². The Balaban J connectivity index is 1.29. The summed E-state index contributed by atoms with van der Waals surface area (Å²) in [6.07, 6.45) is 4.76. The molecule has 3 N–H and O–H groups in total. The van der Waals surface area contributed by atoms with Crippen LogP contribution in [0.25, 0.3) is 22.4 Å². The topological polar surface area (TPSA) is 125 Å². The molecule has 4 aromatic rings. The van der Waals surface area contributed by atoms with Crippen LogP contribution in [0.2, 0.25) is 5.02 Å². The lowest BCUT2D eigenvalue weighted by Crippen LogP contribution is -2.41. The molecule has 1 amide bonds. The van der Waals surface area contributed by atoms with Crippen molar-refractivity contribution in [2.24, 2.45) is 11.8 Å². The summed E-state index contributed by atoms with van der Waals surface area (Å²) in [5.74, 6) is 0.805. The van der Waals surface area contributed by atoms with Gasteiger partial charge in [0.15, 0.2) is 5.82 Å². The van der Waals surface area contributed by atoms with Crippen LogP contribution in [0.15, 0.2) is 42.5 Å². The normalized spacial score (nSPS) is 21.5. The molecule has 1 saturated carbocycles. The minimum Gasteiger partial charge on any atom is -0.466 e. The number of halogens is 2. The predicted molar refractivity (Wildman–Crippen MR) is 163 cm³/mol. The van der Waals surface area contributed by atoms with Crippen molar-refractivity contribution in [3.63, 3.8) is 0 Å². The summed E-state index contributed by atoms with van der Waals surface area (Å²) in [5.41, 5.74) is 8.34. The number of hydrogen-bond donors (Lipinski definition) is 2. The van der Waals surface area contributed by atoms with Crippen LogP contribution in [0.5, 0.6) is 0 Å². The van der Waals surface area contributed by atoms with Crippen LogP contribution in [-0.4, -0.2) is 38.2 Å². The average Bonchev–Trinajstić information content (AvgIpc) is 3.46. The number of nitrogens with zero attached hydrogens (tertiary/aromatic N) is 4. The van der Waals surface area contributed by atoms with Crippen LogP contribution < -0.4 is 11.1 Å². The van der Waals surface area contributed by atoms with Gasteiger partial charge in [-0.05, 0) is 80.8 Å². The fourth-order valence-corrected chi connectivity index (χ4v) is 6.92. The number of benzene rings is 2. The van der Waals surface area contributed by atoms with E-state index in [1.54, 1.807) is 22.9 Å². The van der Waals surface area contributed by atoms with Gasteiger partial charge in [-0.2, -0.15) is 5.10 Å². The highest BCUT2D eigenvalue weighted by atomic mass is 35.5. The number of ether oxygens (including phenoxy) is 1. The van der Waals surface area contributed by atoms with Gasteiger partial charge in [0.2, 0.25) is 5.91 Å². The third-order valence-corrected chi connectivity index (χ3v) is 9.27. The van der Waals surface area contributed by atoms with E-state index in [4.69, 9.17) is 32.2 Å². The third kappa shape index (κ3) is 5.44. The van der Waals surface area contributed by atoms with Crippen LogP contribution in [0, 0.1) is 17.7 Å². The number of carbonyl (C=O) groups excluding carboxylic acids is 2. The number of hydrogen-bond acceptors (Lipinski definition) is 7. The second-order valence-electron chi connectivity index (χ2n) is 11.7. The van der Waals surface area contributed by atoms with Gasteiger partial charge in [0.05, 0.1) is 29.6 Å². The summed E-state index contributed by atoms with van der Waals surface area (Å²) < 4.78 is 20.7. The second kappa shape index (κ2) is 11.6. The van der Waals surface area contributed by atoms with E-state index < -0.39 is 5.41 Å². The highest BCUT2D eigenvalue weighted by Crippen LogP contribution is 2.50. The van der Waals surface area contributed by atoms with Gasteiger partial charge < -0.3 is 15.8 Å². The van der Waals surface area contributed by atoms with Crippen molar-refractivity contribution in [3.8, 4) is 11.5 Å².